The standard InChI is InChI=1S/C37H64N7O17P3S/c1-4-5-6-7-8-9-10-11-12-13-14-15-16-17-28(46)65-21-20-39-27(45)18-19-40-35(49)32(48)37(2,3)23-58-64(55,56)61-63(53,54)57-22-26-31(60-62(50,51)52)30(47)36(59-26)44-25-43-29-33(38)41-24-42-34(29)44/h16-17,24-26,30-32,36,47-48H,4-15,18-23H2,1-3H3,(H,39,45)(H,40,49)(H,53,54)(H,55,56)(H2,38,41,42)(H2,50,51,52). The van der Waals surface area contributed by atoms with Gasteiger partial charge in [0.2, 0.25) is 16.9 Å². The maximum Gasteiger partial charge on any atom is 0.481 e. The number of ether oxygens (including phenoxy) is 1. The molecule has 1 aliphatic rings. The molecule has 3 heterocycles. The van der Waals surface area contributed by atoms with Gasteiger partial charge in [0.1, 0.15) is 36.3 Å². The maximum atomic E-state index is 12.7. The molecule has 370 valence electrons. The van der Waals surface area contributed by atoms with Crippen LogP contribution in [0, 0.1) is 5.41 Å². The second kappa shape index (κ2) is 27.3. The van der Waals surface area contributed by atoms with Crippen molar-refractivity contribution in [3.05, 3.63) is 24.8 Å². The van der Waals surface area contributed by atoms with Crippen LogP contribution in [0.25, 0.3) is 11.2 Å². The first kappa shape index (κ1) is 56.6. The molecule has 2 aromatic rings. The summed E-state index contributed by atoms with van der Waals surface area (Å²) in [6.45, 7) is 2.74. The Morgan fingerprint density at radius 1 is 0.938 bits per heavy atom. The Balaban J connectivity index is 1.34. The van der Waals surface area contributed by atoms with E-state index < -0.39 is 84.6 Å². The first-order valence-corrected chi connectivity index (χ1v) is 26.8. The van der Waals surface area contributed by atoms with Crippen LogP contribution in [0.2, 0.25) is 0 Å². The molecule has 7 unspecified atom stereocenters. The minimum absolute atomic E-state index is 0.0322. The van der Waals surface area contributed by atoms with Gasteiger partial charge in [0, 0.05) is 30.7 Å². The second-order valence-corrected chi connectivity index (χ2v) is 21.3. The zero-order valence-electron chi connectivity index (χ0n) is 36.7. The van der Waals surface area contributed by atoms with E-state index in [1.54, 1.807) is 6.08 Å². The van der Waals surface area contributed by atoms with Crippen LogP contribution in [0.5, 0.6) is 0 Å². The van der Waals surface area contributed by atoms with Crippen LogP contribution in [-0.4, -0.2) is 123 Å². The van der Waals surface area contributed by atoms with Crippen molar-refractivity contribution in [2.75, 3.05) is 37.8 Å². The fraction of sp³-hybridized carbons (Fsp3) is 0.730. The summed E-state index contributed by atoms with van der Waals surface area (Å²) in [7, 11) is -16.4. The molecule has 10 N–H and O–H groups in total. The number of amides is 2. The number of nitrogens with one attached hydrogen (secondary N) is 2. The van der Waals surface area contributed by atoms with Crippen LogP contribution < -0.4 is 16.4 Å². The van der Waals surface area contributed by atoms with Gasteiger partial charge < -0.3 is 50.9 Å². The number of imidazole rings is 1. The zero-order chi connectivity index (χ0) is 48.3. The Labute approximate surface area is 381 Å². The quantitative estimate of drug-likeness (QED) is 0.0285. The lowest BCUT2D eigenvalue weighted by molar-refractivity contribution is -0.137. The fourth-order valence-corrected chi connectivity index (χ4v) is 9.86. The van der Waals surface area contributed by atoms with E-state index in [-0.39, 0.29) is 41.6 Å². The van der Waals surface area contributed by atoms with E-state index in [1.807, 2.05) is 6.08 Å². The van der Waals surface area contributed by atoms with Crippen LogP contribution in [0.4, 0.5) is 5.82 Å². The summed E-state index contributed by atoms with van der Waals surface area (Å²) in [5.41, 5.74) is 4.28. The molecule has 1 saturated heterocycles. The number of carbonyl (C=O) groups excluding carboxylic acids is 3. The van der Waals surface area contributed by atoms with Crippen molar-refractivity contribution in [1.29, 1.82) is 0 Å². The molecule has 1 aliphatic heterocycles. The Bertz CT molecular complexity index is 2010. The average Bonchev–Trinajstić information content (AvgIpc) is 3.79. The smallest absolute Gasteiger partial charge is 0.386 e. The lowest BCUT2D eigenvalue weighted by Crippen LogP contribution is -2.46. The number of unbranched alkanes of at least 4 members (excludes halogenated alkanes) is 11. The number of hydrogen-bond acceptors (Lipinski definition) is 18. The normalized spacial score (nSPS) is 20.4. The number of phosphoric ester groups is 3. The number of allylic oxidation sites excluding steroid dienone is 1. The van der Waals surface area contributed by atoms with Crippen LogP contribution in [0.3, 0.4) is 0 Å². The van der Waals surface area contributed by atoms with Gasteiger partial charge in [0.05, 0.1) is 19.5 Å². The number of nitrogens with two attached hydrogens (primary N) is 1. The molecule has 24 nitrogen and oxygen atoms in total. The minimum atomic E-state index is -5.58. The number of hydrogen-bond donors (Lipinski definition) is 9. The summed E-state index contributed by atoms with van der Waals surface area (Å²) in [4.78, 5) is 88.1. The number of thioether (sulfide) groups is 1. The van der Waals surface area contributed by atoms with Crippen LogP contribution in [-0.2, 0) is 50.7 Å². The van der Waals surface area contributed by atoms with E-state index in [4.69, 9.17) is 19.5 Å². The van der Waals surface area contributed by atoms with Gasteiger partial charge in [-0.1, -0.05) is 103 Å². The summed E-state index contributed by atoms with van der Waals surface area (Å²) < 4.78 is 62.4. The van der Waals surface area contributed by atoms with E-state index in [2.05, 4.69) is 41.3 Å². The molecule has 28 heteroatoms. The first-order valence-electron chi connectivity index (χ1n) is 21.3. The molecule has 2 amide bonds. The number of nitrogens with zero attached hydrogens (tertiary/aromatic N) is 4. The monoisotopic (exact) mass is 1000 g/mol. The summed E-state index contributed by atoms with van der Waals surface area (Å²) in [6, 6.07) is 0. The summed E-state index contributed by atoms with van der Waals surface area (Å²) in [5.74, 6) is -1.10. The van der Waals surface area contributed by atoms with E-state index in [0.717, 1.165) is 48.2 Å². The molecule has 3 rings (SSSR count). The number of phosphoric acid groups is 3. The highest BCUT2D eigenvalue weighted by molar-refractivity contribution is 8.14. The number of fused-ring (bicyclic) bond motifs is 1. The van der Waals surface area contributed by atoms with Gasteiger partial charge in [0.15, 0.2) is 17.7 Å². The number of nitrogen functional groups attached to an aromatic ring is 1. The topological polar surface area (TPSA) is 364 Å². The number of aliphatic hydroxyl groups is 2. The molecule has 0 saturated carbocycles. The Morgan fingerprint density at radius 3 is 2.22 bits per heavy atom. The third kappa shape index (κ3) is 20.6. The number of rotatable bonds is 32. The predicted molar refractivity (Wildman–Crippen MR) is 237 cm³/mol. The van der Waals surface area contributed by atoms with Crippen LogP contribution >= 0.6 is 35.2 Å². The summed E-state index contributed by atoms with van der Waals surface area (Å²) >= 11 is 1.07. The van der Waals surface area contributed by atoms with Crippen molar-refractivity contribution in [3.8, 4) is 0 Å². The minimum Gasteiger partial charge on any atom is -0.386 e. The molecule has 1 fully saturated rings. The van der Waals surface area contributed by atoms with Crippen LogP contribution in [0.15, 0.2) is 24.8 Å². The molecule has 2 aromatic heterocycles. The Morgan fingerprint density at radius 2 is 1.57 bits per heavy atom. The van der Waals surface area contributed by atoms with Crippen molar-refractivity contribution in [3.63, 3.8) is 0 Å². The van der Waals surface area contributed by atoms with Gasteiger partial charge in [-0.2, -0.15) is 4.31 Å². The van der Waals surface area contributed by atoms with Gasteiger partial charge in [-0.3, -0.25) is 32.5 Å². The van der Waals surface area contributed by atoms with E-state index in [9.17, 15) is 57.9 Å². The van der Waals surface area contributed by atoms with E-state index >= 15 is 0 Å². The molecular weight excluding hydrogens is 939 g/mol. The number of carbonyl (C=O) groups is 3. The van der Waals surface area contributed by atoms with Gasteiger partial charge in [-0.25, -0.2) is 28.6 Å². The Kier molecular flexibility index (Phi) is 23.8. The van der Waals surface area contributed by atoms with Crippen molar-refractivity contribution in [2.45, 2.75) is 135 Å². The van der Waals surface area contributed by atoms with Gasteiger partial charge >= 0.3 is 23.5 Å². The highest BCUT2D eigenvalue weighted by Gasteiger charge is 2.50. The Hall–Kier alpha value is -2.70. The predicted octanol–water partition coefficient (Wildman–Crippen LogP) is 3.92. The number of anilines is 1. The lowest BCUT2D eigenvalue weighted by atomic mass is 9.87. The van der Waals surface area contributed by atoms with Crippen molar-refractivity contribution >= 4 is 69.1 Å². The third-order valence-electron chi connectivity index (χ3n) is 9.97. The van der Waals surface area contributed by atoms with Crippen molar-refractivity contribution in [2.24, 2.45) is 5.41 Å². The van der Waals surface area contributed by atoms with Gasteiger partial charge in [-0.05, 0) is 18.9 Å². The van der Waals surface area contributed by atoms with Gasteiger partial charge in [-0.15, -0.1) is 0 Å². The highest BCUT2D eigenvalue weighted by Crippen LogP contribution is 2.61. The molecule has 0 bridgehead atoms. The van der Waals surface area contributed by atoms with Crippen LogP contribution in [0.1, 0.15) is 110 Å². The molecule has 0 spiro atoms. The number of aliphatic hydroxyl groups excluding tert-OH is 2. The number of aromatic nitrogens is 4. The molecule has 65 heavy (non-hydrogen) atoms. The molecule has 7 atom stereocenters. The molecule has 0 aromatic carbocycles. The molecular formula is C37H64N7O17P3S. The van der Waals surface area contributed by atoms with E-state index in [1.165, 1.54) is 71.6 Å². The second-order valence-electron chi connectivity index (χ2n) is 16.0. The molecule has 0 aliphatic carbocycles. The maximum absolute atomic E-state index is 12.7. The largest absolute Gasteiger partial charge is 0.481 e. The first-order chi connectivity index (χ1) is 30.6. The fourth-order valence-electron chi connectivity index (χ4n) is 6.44. The average molecular weight is 1000 g/mol. The third-order valence-corrected chi connectivity index (χ3v) is 13.9. The van der Waals surface area contributed by atoms with Crippen molar-refractivity contribution < 1.29 is 80.5 Å². The summed E-state index contributed by atoms with van der Waals surface area (Å²) in [6.07, 6.45) is 11.1. The zero-order valence-corrected chi connectivity index (χ0v) is 40.2. The van der Waals surface area contributed by atoms with Gasteiger partial charge in [0.25, 0.3) is 0 Å². The molecule has 0 radical (unpaired) electrons. The highest BCUT2D eigenvalue weighted by atomic mass is 32.2. The SMILES string of the molecule is CCCCCCCCCCCCCC=CC(=O)SCCNC(=O)CCNC(=O)C(O)C(C)(C)COP(=O)(O)OP(=O)(O)OCC1OC(n2cnc3c(N)ncnc32)C(O)C1OP(=O)(O)O. The lowest BCUT2D eigenvalue weighted by Gasteiger charge is -2.30. The summed E-state index contributed by atoms with van der Waals surface area (Å²) in [5, 5.41) is 26.4. The van der Waals surface area contributed by atoms with Crippen molar-refractivity contribution in [1.82, 2.24) is 30.2 Å². The van der Waals surface area contributed by atoms with E-state index in [0.29, 0.717) is 5.75 Å².